The van der Waals surface area contributed by atoms with Crippen molar-refractivity contribution in [3.05, 3.63) is 253 Å². The maximum atomic E-state index is 6.22. The number of hydrogen-bond acceptors (Lipinski definition) is 3. The Labute approximate surface area is 360 Å². The number of rotatable bonds is 7. The van der Waals surface area contributed by atoms with Gasteiger partial charge in [0.05, 0.1) is 16.8 Å². The second-order valence-corrected chi connectivity index (χ2v) is 16.0. The first-order chi connectivity index (χ1) is 30.7. The largest absolute Gasteiger partial charge is 0.456 e. The van der Waals surface area contributed by atoms with E-state index in [1.165, 1.54) is 38.9 Å². The van der Waals surface area contributed by atoms with E-state index in [-0.39, 0.29) is 0 Å². The van der Waals surface area contributed by atoms with Crippen LogP contribution in [-0.2, 0) is 5.41 Å². The van der Waals surface area contributed by atoms with Crippen LogP contribution in [0.3, 0.4) is 0 Å². The Morgan fingerprint density at radius 3 is 1.65 bits per heavy atom. The summed E-state index contributed by atoms with van der Waals surface area (Å²) in [4.78, 5) is 10.4. The summed E-state index contributed by atoms with van der Waals surface area (Å²) in [6, 6.07) is 82.2. The van der Waals surface area contributed by atoms with Crippen LogP contribution in [-0.4, -0.2) is 9.97 Å². The lowest BCUT2D eigenvalue weighted by Gasteiger charge is -2.34. The Bertz CT molecular complexity index is 3400. The zero-order valence-electron chi connectivity index (χ0n) is 33.7. The van der Waals surface area contributed by atoms with Crippen molar-refractivity contribution in [1.29, 1.82) is 0 Å². The molecule has 0 atom stereocenters. The Balaban J connectivity index is 0.993. The van der Waals surface area contributed by atoms with E-state index in [0.29, 0.717) is 5.82 Å². The van der Waals surface area contributed by atoms with Crippen LogP contribution in [0.2, 0.25) is 0 Å². The summed E-state index contributed by atoms with van der Waals surface area (Å²) >= 11 is 0. The summed E-state index contributed by atoms with van der Waals surface area (Å²) in [5.41, 5.74) is 18.3. The minimum atomic E-state index is -0.470. The Morgan fingerprint density at radius 2 is 0.871 bits per heavy atom. The molecule has 0 radical (unpaired) electrons. The third-order valence-electron chi connectivity index (χ3n) is 12.6. The van der Waals surface area contributed by atoms with Crippen molar-refractivity contribution in [3.8, 4) is 67.3 Å². The van der Waals surface area contributed by atoms with Crippen LogP contribution in [0.25, 0.3) is 89.2 Å². The van der Waals surface area contributed by atoms with Crippen molar-refractivity contribution in [2.45, 2.75) is 5.41 Å². The third kappa shape index (κ3) is 5.67. The molecule has 11 aromatic rings. The molecule has 0 fully saturated rings. The molecule has 2 heterocycles. The van der Waals surface area contributed by atoms with E-state index in [2.05, 4.69) is 194 Å². The molecule has 0 bridgehead atoms. The standard InChI is InChI=1S/C59H38N2O/c1-4-17-41(18-5-1)58-60-52(40-35-33-39(34-36-40)46-28-16-32-55-57(46)49-26-11-13-31-54(49)62-55)38-53(61-58)43-20-14-19-42(37-43)47-27-15-30-51-56(47)48-25-10-12-29-50(48)59(51,44-21-6-2-7-22-44)45-23-8-3-9-24-45/h1-38H. The molecule has 0 saturated heterocycles. The van der Waals surface area contributed by atoms with Crippen LogP contribution in [0.1, 0.15) is 22.3 Å². The third-order valence-corrected chi connectivity index (χ3v) is 12.6. The molecule has 3 heteroatoms. The van der Waals surface area contributed by atoms with E-state index < -0.39 is 5.41 Å². The average Bonchev–Trinajstić information content (AvgIpc) is 3.89. The molecule has 1 aliphatic carbocycles. The highest BCUT2D eigenvalue weighted by Gasteiger charge is 2.46. The van der Waals surface area contributed by atoms with Crippen LogP contribution in [0.4, 0.5) is 0 Å². The quantitative estimate of drug-likeness (QED) is 0.161. The van der Waals surface area contributed by atoms with Crippen LogP contribution < -0.4 is 0 Å². The normalized spacial score (nSPS) is 12.6. The van der Waals surface area contributed by atoms with Crippen LogP contribution in [0, 0.1) is 0 Å². The van der Waals surface area contributed by atoms with Gasteiger partial charge in [-0.1, -0.05) is 206 Å². The van der Waals surface area contributed by atoms with Crippen molar-refractivity contribution in [2.24, 2.45) is 0 Å². The molecule has 0 aliphatic heterocycles. The maximum absolute atomic E-state index is 6.22. The first-order valence-electron chi connectivity index (χ1n) is 21.1. The van der Waals surface area contributed by atoms with Gasteiger partial charge in [0.1, 0.15) is 11.2 Å². The zero-order chi connectivity index (χ0) is 41.0. The summed E-state index contributed by atoms with van der Waals surface area (Å²) in [5.74, 6) is 0.687. The number of nitrogens with zero attached hydrogens (tertiary/aromatic N) is 2. The van der Waals surface area contributed by atoms with E-state index >= 15 is 0 Å². The Hall–Kier alpha value is -8.14. The van der Waals surface area contributed by atoms with E-state index in [9.17, 15) is 0 Å². The van der Waals surface area contributed by atoms with Gasteiger partial charge in [-0.3, -0.25) is 0 Å². The SMILES string of the molecule is c1ccc(-c2nc(-c3ccc(-c4cccc5oc6ccccc6c45)cc3)cc(-c3cccc(-c4cccc5c4-c4ccccc4C5(c4ccccc4)c4ccccc4)c3)n2)cc1. The summed E-state index contributed by atoms with van der Waals surface area (Å²) < 4.78 is 6.22. The molecule has 0 spiro atoms. The topological polar surface area (TPSA) is 38.9 Å². The molecule has 1 aliphatic rings. The minimum absolute atomic E-state index is 0.470. The molecular weight excluding hydrogens is 753 g/mol. The number of fused-ring (bicyclic) bond motifs is 6. The monoisotopic (exact) mass is 790 g/mol. The van der Waals surface area contributed by atoms with Gasteiger partial charge in [-0.05, 0) is 79.9 Å². The molecule has 0 N–H and O–H groups in total. The number of para-hydroxylation sites is 1. The predicted octanol–water partition coefficient (Wildman–Crippen LogP) is 15.1. The minimum Gasteiger partial charge on any atom is -0.456 e. The lowest BCUT2D eigenvalue weighted by molar-refractivity contribution is 0.669. The van der Waals surface area contributed by atoms with E-state index in [1.807, 2.05) is 36.4 Å². The fourth-order valence-electron chi connectivity index (χ4n) is 9.87. The van der Waals surface area contributed by atoms with Crippen molar-refractivity contribution < 1.29 is 4.42 Å². The Morgan fingerprint density at radius 1 is 0.339 bits per heavy atom. The van der Waals surface area contributed by atoms with Gasteiger partial charge in [-0.2, -0.15) is 0 Å². The molecule has 290 valence electrons. The highest BCUT2D eigenvalue weighted by atomic mass is 16.3. The van der Waals surface area contributed by atoms with Gasteiger partial charge in [0.15, 0.2) is 5.82 Å². The molecular formula is C59H38N2O. The molecule has 2 aromatic heterocycles. The van der Waals surface area contributed by atoms with Gasteiger partial charge in [0, 0.05) is 27.5 Å². The van der Waals surface area contributed by atoms with Gasteiger partial charge in [-0.15, -0.1) is 0 Å². The van der Waals surface area contributed by atoms with E-state index in [4.69, 9.17) is 14.4 Å². The van der Waals surface area contributed by atoms with Crippen molar-refractivity contribution in [2.75, 3.05) is 0 Å². The van der Waals surface area contributed by atoms with Crippen LogP contribution in [0.5, 0.6) is 0 Å². The first kappa shape index (κ1) is 35.8. The number of hydrogen-bond donors (Lipinski definition) is 0. The first-order valence-corrected chi connectivity index (χ1v) is 21.1. The van der Waals surface area contributed by atoms with Crippen LogP contribution in [0.15, 0.2) is 235 Å². The molecule has 0 saturated carbocycles. The fourth-order valence-corrected chi connectivity index (χ4v) is 9.87. The molecule has 0 amide bonds. The van der Waals surface area contributed by atoms with Gasteiger partial charge in [-0.25, -0.2) is 9.97 Å². The fraction of sp³-hybridized carbons (Fsp3) is 0.0169. The second kappa shape index (κ2) is 14.5. The van der Waals surface area contributed by atoms with E-state index in [0.717, 1.165) is 66.7 Å². The van der Waals surface area contributed by atoms with Crippen molar-refractivity contribution >= 4 is 21.9 Å². The van der Waals surface area contributed by atoms with Crippen molar-refractivity contribution in [3.63, 3.8) is 0 Å². The van der Waals surface area contributed by atoms with Gasteiger partial charge < -0.3 is 4.42 Å². The molecule has 3 nitrogen and oxygen atoms in total. The Kier molecular flexibility index (Phi) is 8.39. The maximum Gasteiger partial charge on any atom is 0.160 e. The van der Waals surface area contributed by atoms with E-state index in [1.54, 1.807) is 0 Å². The highest BCUT2D eigenvalue weighted by Crippen LogP contribution is 2.58. The molecule has 12 rings (SSSR count). The summed E-state index contributed by atoms with van der Waals surface area (Å²) in [6.07, 6.45) is 0. The molecule has 0 unspecified atom stereocenters. The number of benzene rings is 9. The molecule has 62 heavy (non-hydrogen) atoms. The highest BCUT2D eigenvalue weighted by molar-refractivity contribution is 6.12. The summed E-state index contributed by atoms with van der Waals surface area (Å²) in [7, 11) is 0. The zero-order valence-corrected chi connectivity index (χ0v) is 33.7. The smallest absolute Gasteiger partial charge is 0.160 e. The van der Waals surface area contributed by atoms with Crippen molar-refractivity contribution in [1.82, 2.24) is 9.97 Å². The molecule has 9 aromatic carbocycles. The summed E-state index contributed by atoms with van der Waals surface area (Å²) in [5, 5.41) is 2.25. The number of furan rings is 1. The van der Waals surface area contributed by atoms with Crippen LogP contribution >= 0.6 is 0 Å². The summed E-state index contributed by atoms with van der Waals surface area (Å²) in [6.45, 7) is 0. The van der Waals surface area contributed by atoms with Gasteiger partial charge >= 0.3 is 0 Å². The second-order valence-electron chi connectivity index (χ2n) is 16.0. The predicted molar refractivity (Wildman–Crippen MR) is 254 cm³/mol. The number of aromatic nitrogens is 2. The average molecular weight is 791 g/mol. The van der Waals surface area contributed by atoms with Gasteiger partial charge in [0.25, 0.3) is 0 Å². The van der Waals surface area contributed by atoms with Gasteiger partial charge in [0.2, 0.25) is 0 Å². The lowest BCUT2D eigenvalue weighted by Crippen LogP contribution is -2.28. The lowest BCUT2D eigenvalue weighted by atomic mass is 9.67.